The van der Waals surface area contributed by atoms with Crippen LogP contribution < -0.4 is 15.0 Å². The predicted octanol–water partition coefficient (Wildman–Crippen LogP) is 2.89. The van der Waals surface area contributed by atoms with Crippen molar-refractivity contribution in [3.8, 4) is 5.88 Å². The van der Waals surface area contributed by atoms with E-state index in [4.69, 9.17) is 4.74 Å². The number of hydrogen-bond donors (Lipinski definition) is 1. The standard InChI is InChI=1S/C25H30N6O3/c1-17-13-18(2)31(28-17)16-24(32)30-12-11-29(15-19(30)3)22-8-6-5-7-21(22)25(33)27-20-9-10-26-23(14-20)34-4/h5-10,13-14,19H,11-12,15-16H2,1-4H3,(H,26,27,33). The van der Waals surface area contributed by atoms with Crippen molar-refractivity contribution >= 4 is 23.2 Å². The number of ether oxygens (including phenoxy) is 1. The average Bonchev–Trinajstić information content (AvgIpc) is 3.15. The fourth-order valence-corrected chi connectivity index (χ4v) is 4.34. The second-order valence-corrected chi connectivity index (χ2v) is 8.53. The maximum Gasteiger partial charge on any atom is 0.257 e. The number of aryl methyl sites for hydroxylation is 2. The Morgan fingerprint density at radius 3 is 2.65 bits per heavy atom. The van der Waals surface area contributed by atoms with Crippen LogP contribution in [0.2, 0.25) is 0 Å². The summed E-state index contributed by atoms with van der Waals surface area (Å²) in [5.74, 6) is 0.275. The van der Waals surface area contributed by atoms with Gasteiger partial charge >= 0.3 is 0 Å². The zero-order valence-corrected chi connectivity index (χ0v) is 20.0. The van der Waals surface area contributed by atoms with Gasteiger partial charge in [-0.05, 0) is 45.0 Å². The molecule has 34 heavy (non-hydrogen) atoms. The van der Waals surface area contributed by atoms with Gasteiger partial charge in [-0.25, -0.2) is 4.98 Å². The van der Waals surface area contributed by atoms with Crippen molar-refractivity contribution in [3.63, 3.8) is 0 Å². The van der Waals surface area contributed by atoms with Gasteiger partial charge in [0.15, 0.2) is 0 Å². The van der Waals surface area contributed by atoms with Crippen LogP contribution >= 0.6 is 0 Å². The van der Waals surface area contributed by atoms with Crippen LogP contribution in [0, 0.1) is 13.8 Å². The number of amides is 2. The number of anilines is 2. The molecule has 1 N–H and O–H groups in total. The number of carbonyl (C=O) groups excluding carboxylic acids is 2. The fraction of sp³-hybridized carbons (Fsp3) is 0.360. The molecule has 1 aliphatic heterocycles. The first kappa shape index (κ1) is 23.3. The van der Waals surface area contributed by atoms with E-state index < -0.39 is 0 Å². The van der Waals surface area contributed by atoms with Crippen molar-refractivity contribution in [2.45, 2.75) is 33.4 Å². The second-order valence-electron chi connectivity index (χ2n) is 8.53. The van der Waals surface area contributed by atoms with E-state index in [9.17, 15) is 9.59 Å². The van der Waals surface area contributed by atoms with Crippen molar-refractivity contribution in [1.82, 2.24) is 19.7 Å². The molecule has 9 nitrogen and oxygen atoms in total. The molecule has 0 spiro atoms. The van der Waals surface area contributed by atoms with E-state index >= 15 is 0 Å². The molecule has 1 aliphatic rings. The Morgan fingerprint density at radius 2 is 1.94 bits per heavy atom. The molecule has 9 heteroatoms. The first-order valence-corrected chi connectivity index (χ1v) is 11.3. The van der Waals surface area contributed by atoms with Crippen LogP contribution in [0.3, 0.4) is 0 Å². The average molecular weight is 463 g/mol. The Morgan fingerprint density at radius 1 is 1.15 bits per heavy atom. The van der Waals surface area contributed by atoms with Crippen molar-refractivity contribution < 1.29 is 14.3 Å². The van der Waals surface area contributed by atoms with Crippen molar-refractivity contribution in [2.24, 2.45) is 0 Å². The number of pyridine rings is 1. The first-order chi connectivity index (χ1) is 16.4. The molecule has 2 aromatic heterocycles. The fourth-order valence-electron chi connectivity index (χ4n) is 4.34. The molecule has 1 unspecified atom stereocenters. The Labute approximate surface area is 199 Å². The van der Waals surface area contributed by atoms with E-state index in [1.807, 2.05) is 56.0 Å². The van der Waals surface area contributed by atoms with Gasteiger partial charge in [-0.15, -0.1) is 0 Å². The molecule has 1 saturated heterocycles. The van der Waals surface area contributed by atoms with Crippen molar-refractivity contribution in [1.29, 1.82) is 0 Å². The van der Waals surface area contributed by atoms with Crippen LogP contribution in [0.1, 0.15) is 28.7 Å². The summed E-state index contributed by atoms with van der Waals surface area (Å²) >= 11 is 0. The molecule has 0 radical (unpaired) electrons. The smallest absolute Gasteiger partial charge is 0.257 e. The summed E-state index contributed by atoms with van der Waals surface area (Å²) < 4.78 is 6.89. The molecule has 1 aromatic carbocycles. The normalized spacial score (nSPS) is 15.8. The van der Waals surface area contributed by atoms with E-state index in [0.29, 0.717) is 36.8 Å². The maximum atomic E-state index is 13.1. The third-order valence-electron chi connectivity index (χ3n) is 6.03. The lowest BCUT2D eigenvalue weighted by molar-refractivity contribution is -0.134. The molecular weight excluding hydrogens is 432 g/mol. The topological polar surface area (TPSA) is 92.6 Å². The minimum absolute atomic E-state index is 0.00112. The van der Waals surface area contributed by atoms with E-state index in [2.05, 4.69) is 20.3 Å². The quantitative estimate of drug-likeness (QED) is 0.606. The van der Waals surface area contributed by atoms with Gasteiger partial charge in [0, 0.05) is 55.0 Å². The Kier molecular flexibility index (Phi) is 6.81. The summed E-state index contributed by atoms with van der Waals surface area (Å²) in [5.41, 5.74) is 3.91. The molecule has 3 aromatic rings. The van der Waals surface area contributed by atoms with E-state index in [1.54, 1.807) is 23.0 Å². The molecular formula is C25H30N6O3. The maximum absolute atomic E-state index is 13.1. The molecule has 178 valence electrons. The highest BCUT2D eigenvalue weighted by atomic mass is 16.5. The zero-order chi connectivity index (χ0) is 24.2. The van der Waals surface area contributed by atoms with Gasteiger partial charge < -0.3 is 19.9 Å². The number of hydrogen-bond acceptors (Lipinski definition) is 6. The summed E-state index contributed by atoms with van der Waals surface area (Å²) in [5, 5.41) is 7.34. The highest BCUT2D eigenvalue weighted by Gasteiger charge is 2.29. The summed E-state index contributed by atoms with van der Waals surface area (Å²) in [6, 6.07) is 12.9. The van der Waals surface area contributed by atoms with Crippen LogP contribution in [-0.2, 0) is 11.3 Å². The van der Waals surface area contributed by atoms with Gasteiger partial charge in [0.1, 0.15) is 6.54 Å². The first-order valence-electron chi connectivity index (χ1n) is 11.3. The number of para-hydroxylation sites is 1. The van der Waals surface area contributed by atoms with E-state index in [0.717, 1.165) is 17.1 Å². The largest absolute Gasteiger partial charge is 0.481 e. The van der Waals surface area contributed by atoms with Crippen LogP contribution in [0.15, 0.2) is 48.7 Å². The molecule has 1 atom stereocenters. The lowest BCUT2D eigenvalue weighted by Gasteiger charge is -2.41. The molecule has 3 heterocycles. The Bertz CT molecular complexity index is 1190. The van der Waals surface area contributed by atoms with E-state index in [1.165, 1.54) is 7.11 Å². The lowest BCUT2D eigenvalue weighted by Crippen LogP contribution is -2.55. The van der Waals surface area contributed by atoms with Gasteiger partial charge in [0.2, 0.25) is 11.8 Å². The SMILES string of the molecule is COc1cc(NC(=O)c2ccccc2N2CCN(C(=O)Cn3nc(C)cc3C)C(C)C2)ccn1. The van der Waals surface area contributed by atoms with Crippen LogP contribution in [0.4, 0.5) is 11.4 Å². The number of aromatic nitrogens is 3. The lowest BCUT2D eigenvalue weighted by atomic mass is 10.1. The Hall–Kier alpha value is -3.88. The number of methoxy groups -OCH3 is 1. The van der Waals surface area contributed by atoms with Crippen LogP contribution in [-0.4, -0.2) is 64.3 Å². The highest BCUT2D eigenvalue weighted by molar-refractivity contribution is 6.08. The van der Waals surface area contributed by atoms with Crippen LogP contribution in [0.25, 0.3) is 0 Å². The third-order valence-corrected chi connectivity index (χ3v) is 6.03. The number of benzene rings is 1. The molecule has 0 saturated carbocycles. The van der Waals surface area contributed by atoms with Crippen LogP contribution in [0.5, 0.6) is 5.88 Å². The monoisotopic (exact) mass is 462 g/mol. The number of carbonyl (C=O) groups is 2. The molecule has 0 bridgehead atoms. The van der Waals surface area contributed by atoms with Crippen molar-refractivity contribution in [3.05, 3.63) is 65.6 Å². The number of nitrogens with zero attached hydrogens (tertiary/aromatic N) is 5. The van der Waals surface area contributed by atoms with Crippen molar-refractivity contribution in [2.75, 3.05) is 37.0 Å². The number of rotatable bonds is 6. The zero-order valence-electron chi connectivity index (χ0n) is 20.0. The molecule has 1 fully saturated rings. The third kappa shape index (κ3) is 5.03. The van der Waals surface area contributed by atoms with Gasteiger partial charge in [-0.3, -0.25) is 14.3 Å². The summed E-state index contributed by atoms with van der Waals surface area (Å²) in [4.78, 5) is 34.2. The molecule has 4 rings (SSSR count). The highest BCUT2D eigenvalue weighted by Crippen LogP contribution is 2.25. The van der Waals surface area contributed by atoms with Gasteiger partial charge in [0.25, 0.3) is 5.91 Å². The minimum Gasteiger partial charge on any atom is -0.481 e. The predicted molar refractivity (Wildman–Crippen MR) is 130 cm³/mol. The minimum atomic E-state index is -0.209. The van der Waals surface area contributed by atoms with Gasteiger partial charge in [-0.1, -0.05) is 12.1 Å². The van der Waals surface area contributed by atoms with Gasteiger partial charge in [-0.2, -0.15) is 5.10 Å². The summed E-state index contributed by atoms with van der Waals surface area (Å²) in [6.45, 7) is 8.01. The van der Waals surface area contributed by atoms with Gasteiger partial charge in [0.05, 0.1) is 18.4 Å². The number of nitrogens with one attached hydrogen (secondary N) is 1. The number of piperazine rings is 1. The summed E-state index contributed by atoms with van der Waals surface area (Å²) in [7, 11) is 1.53. The summed E-state index contributed by atoms with van der Waals surface area (Å²) in [6.07, 6.45) is 1.59. The molecule has 0 aliphatic carbocycles. The molecule has 2 amide bonds. The Balaban J connectivity index is 1.45. The second kappa shape index (κ2) is 9.94. The van der Waals surface area contributed by atoms with E-state index in [-0.39, 0.29) is 24.4 Å².